The second-order valence-electron chi connectivity index (χ2n) is 6.63. The first-order valence-corrected chi connectivity index (χ1v) is 9.21. The molecule has 144 valence electrons. The number of hydrogen-bond acceptors (Lipinski definition) is 5. The lowest BCUT2D eigenvalue weighted by atomic mass is 10.2. The first-order valence-electron chi connectivity index (χ1n) is 9.21. The van der Waals surface area contributed by atoms with Crippen molar-refractivity contribution in [3.8, 4) is 11.5 Å². The Morgan fingerprint density at radius 1 is 0.852 bits per heavy atom. The van der Waals surface area contributed by atoms with E-state index in [9.17, 15) is 9.59 Å². The molecular formula is C22H26O5. The Labute approximate surface area is 160 Å². The molecule has 0 unspecified atom stereocenters. The van der Waals surface area contributed by atoms with Gasteiger partial charge in [0.05, 0.1) is 24.3 Å². The summed E-state index contributed by atoms with van der Waals surface area (Å²) in [6, 6.07) is 13.1. The van der Waals surface area contributed by atoms with Crippen molar-refractivity contribution in [2.75, 3.05) is 13.2 Å². The summed E-state index contributed by atoms with van der Waals surface area (Å²) in [5.74, 6) is 0.667. The third-order valence-electron chi connectivity index (χ3n) is 3.70. The Hall–Kier alpha value is -2.82. The van der Waals surface area contributed by atoms with E-state index in [1.165, 1.54) is 0 Å². The number of carbonyl (C=O) groups is 2. The predicted octanol–water partition coefficient (Wildman–Crippen LogP) is 4.90. The van der Waals surface area contributed by atoms with Crippen LogP contribution in [-0.2, 0) is 4.74 Å². The predicted molar refractivity (Wildman–Crippen MR) is 103 cm³/mol. The number of rotatable bonds is 9. The summed E-state index contributed by atoms with van der Waals surface area (Å²) in [4.78, 5) is 24.1. The van der Waals surface area contributed by atoms with Crippen LogP contribution < -0.4 is 9.47 Å². The van der Waals surface area contributed by atoms with Crippen LogP contribution in [0.2, 0.25) is 0 Å². The lowest BCUT2D eigenvalue weighted by Gasteiger charge is -2.09. The van der Waals surface area contributed by atoms with Crippen LogP contribution in [0.3, 0.4) is 0 Å². The molecule has 0 radical (unpaired) electrons. The molecule has 0 amide bonds. The van der Waals surface area contributed by atoms with Crippen molar-refractivity contribution in [2.24, 2.45) is 5.92 Å². The van der Waals surface area contributed by atoms with Crippen LogP contribution in [0.25, 0.3) is 0 Å². The maximum absolute atomic E-state index is 12.2. The summed E-state index contributed by atoms with van der Waals surface area (Å²) in [5.41, 5.74) is 0.854. The fourth-order valence-electron chi connectivity index (χ4n) is 2.17. The summed E-state index contributed by atoms with van der Waals surface area (Å²) in [6.45, 7) is 7.20. The standard InChI is InChI=1S/C22H26O5/c1-4-5-14-25-21(23)17-8-12-20(13-9-17)27-22(24)18-6-10-19(11-7-18)26-15-16(2)3/h6-13,16H,4-5,14-15H2,1-3H3. The number of hydrogen-bond donors (Lipinski definition) is 0. The monoisotopic (exact) mass is 370 g/mol. The van der Waals surface area contributed by atoms with Gasteiger partial charge in [-0.15, -0.1) is 0 Å². The van der Waals surface area contributed by atoms with Crippen molar-refractivity contribution in [3.63, 3.8) is 0 Å². The highest BCUT2D eigenvalue weighted by Crippen LogP contribution is 2.17. The second kappa shape index (κ2) is 10.4. The lowest BCUT2D eigenvalue weighted by molar-refractivity contribution is 0.0499. The van der Waals surface area contributed by atoms with Gasteiger partial charge in [0.2, 0.25) is 0 Å². The quantitative estimate of drug-likeness (QED) is 0.357. The summed E-state index contributed by atoms with van der Waals surface area (Å²) < 4.78 is 16.1. The van der Waals surface area contributed by atoms with Crippen molar-refractivity contribution >= 4 is 11.9 Å². The van der Waals surface area contributed by atoms with Crippen LogP contribution in [0.5, 0.6) is 11.5 Å². The van der Waals surface area contributed by atoms with Gasteiger partial charge in [0, 0.05) is 0 Å². The van der Waals surface area contributed by atoms with Gasteiger partial charge >= 0.3 is 11.9 Å². The Bertz CT molecular complexity index is 732. The molecule has 0 aromatic heterocycles. The fourth-order valence-corrected chi connectivity index (χ4v) is 2.17. The zero-order chi connectivity index (χ0) is 19.6. The van der Waals surface area contributed by atoms with Gasteiger partial charge in [-0.2, -0.15) is 0 Å². The maximum atomic E-state index is 12.2. The molecule has 0 spiro atoms. The minimum Gasteiger partial charge on any atom is -0.493 e. The van der Waals surface area contributed by atoms with Gasteiger partial charge in [0.25, 0.3) is 0 Å². The molecule has 2 rings (SSSR count). The number of ether oxygens (including phenoxy) is 3. The van der Waals surface area contributed by atoms with Crippen molar-refractivity contribution in [3.05, 3.63) is 59.7 Å². The average molecular weight is 370 g/mol. The topological polar surface area (TPSA) is 61.8 Å². The Kier molecular flexibility index (Phi) is 7.86. The van der Waals surface area contributed by atoms with E-state index in [-0.39, 0.29) is 5.97 Å². The van der Waals surface area contributed by atoms with Gasteiger partial charge in [-0.25, -0.2) is 9.59 Å². The fraction of sp³-hybridized carbons (Fsp3) is 0.364. The Morgan fingerprint density at radius 2 is 1.41 bits per heavy atom. The molecule has 0 bridgehead atoms. The van der Waals surface area contributed by atoms with Crippen molar-refractivity contribution in [1.29, 1.82) is 0 Å². The van der Waals surface area contributed by atoms with E-state index >= 15 is 0 Å². The summed E-state index contributed by atoms with van der Waals surface area (Å²) in [6.07, 6.45) is 1.80. The Morgan fingerprint density at radius 3 is 1.96 bits per heavy atom. The zero-order valence-electron chi connectivity index (χ0n) is 16.1. The van der Waals surface area contributed by atoms with Gasteiger partial charge in [-0.1, -0.05) is 27.2 Å². The van der Waals surface area contributed by atoms with E-state index in [2.05, 4.69) is 13.8 Å². The van der Waals surface area contributed by atoms with Gasteiger partial charge in [0.15, 0.2) is 0 Å². The zero-order valence-corrected chi connectivity index (χ0v) is 16.1. The normalized spacial score (nSPS) is 10.5. The second-order valence-corrected chi connectivity index (χ2v) is 6.63. The molecule has 2 aromatic carbocycles. The van der Waals surface area contributed by atoms with E-state index in [4.69, 9.17) is 14.2 Å². The first kappa shape index (κ1) is 20.5. The molecule has 0 aliphatic carbocycles. The summed E-state index contributed by atoms with van der Waals surface area (Å²) >= 11 is 0. The Balaban J connectivity index is 1.90. The molecule has 2 aromatic rings. The minimum atomic E-state index is -0.469. The molecule has 0 atom stereocenters. The molecule has 0 N–H and O–H groups in total. The molecule has 0 fully saturated rings. The van der Waals surface area contributed by atoms with Crippen molar-refractivity contribution < 1.29 is 23.8 Å². The van der Waals surface area contributed by atoms with Crippen LogP contribution in [-0.4, -0.2) is 25.2 Å². The van der Waals surface area contributed by atoms with Crippen LogP contribution in [0.4, 0.5) is 0 Å². The van der Waals surface area contributed by atoms with E-state index in [0.717, 1.165) is 12.8 Å². The highest BCUT2D eigenvalue weighted by atomic mass is 16.5. The molecule has 0 heterocycles. The van der Waals surface area contributed by atoms with Crippen molar-refractivity contribution in [1.82, 2.24) is 0 Å². The highest BCUT2D eigenvalue weighted by molar-refractivity contribution is 5.92. The smallest absolute Gasteiger partial charge is 0.343 e. The number of benzene rings is 2. The van der Waals surface area contributed by atoms with E-state index in [0.29, 0.717) is 41.8 Å². The molecule has 5 heteroatoms. The van der Waals surface area contributed by atoms with Crippen LogP contribution in [0.15, 0.2) is 48.5 Å². The van der Waals surface area contributed by atoms with Gasteiger partial charge < -0.3 is 14.2 Å². The summed E-state index contributed by atoms with van der Waals surface area (Å²) in [5, 5.41) is 0. The number of esters is 2. The SMILES string of the molecule is CCCCOC(=O)c1ccc(OC(=O)c2ccc(OCC(C)C)cc2)cc1. The molecule has 0 saturated carbocycles. The summed E-state index contributed by atoms with van der Waals surface area (Å²) in [7, 11) is 0. The number of unbranched alkanes of at least 4 members (excludes halogenated alkanes) is 1. The molecular weight excluding hydrogens is 344 g/mol. The maximum Gasteiger partial charge on any atom is 0.343 e. The molecule has 0 aliphatic heterocycles. The van der Waals surface area contributed by atoms with E-state index < -0.39 is 5.97 Å². The molecule has 0 aliphatic rings. The largest absolute Gasteiger partial charge is 0.493 e. The minimum absolute atomic E-state index is 0.366. The van der Waals surface area contributed by atoms with Gasteiger partial charge in [-0.05, 0) is 60.9 Å². The average Bonchev–Trinajstić information content (AvgIpc) is 2.67. The van der Waals surface area contributed by atoms with Gasteiger partial charge in [-0.3, -0.25) is 0 Å². The van der Waals surface area contributed by atoms with Gasteiger partial charge in [0.1, 0.15) is 11.5 Å². The third-order valence-corrected chi connectivity index (χ3v) is 3.70. The third kappa shape index (κ3) is 6.77. The number of carbonyl (C=O) groups excluding carboxylic acids is 2. The lowest BCUT2D eigenvalue weighted by Crippen LogP contribution is -2.10. The highest BCUT2D eigenvalue weighted by Gasteiger charge is 2.11. The van der Waals surface area contributed by atoms with E-state index in [1.54, 1.807) is 48.5 Å². The van der Waals surface area contributed by atoms with Crippen LogP contribution in [0, 0.1) is 5.92 Å². The molecule has 27 heavy (non-hydrogen) atoms. The van der Waals surface area contributed by atoms with Crippen molar-refractivity contribution in [2.45, 2.75) is 33.6 Å². The van der Waals surface area contributed by atoms with Crippen LogP contribution >= 0.6 is 0 Å². The molecule has 5 nitrogen and oxygen atoms in total. The first-order chi connectivity index (χ1) is 13.0. The molecule has 0 saturated heterocycles. The van der Waals surface area contributed by atoms with Crippen LogP contribution in [0.1, 0.15) is 54.3 Å². The van der Waals surface area contributed by atoms with E-state index in [1.807, 2.05) is 6.92 Å².